The van der Waals surface area contributed by atoms with Crippen molar-refractivity contribution in [3.8, 4) is 11.1 Å². The van der Waals surface area contributed by atoms with E-state index in [1.807, 2.05) is 66.4 Å². The average molecular weight is 496 g/mol. The van der Waals surface area contributed by atoms with Crippen LogP contribution in [0.2, 0.25) is 0 Å². The zero-order valence-corrected chi connectivity index (χ0v) is 21.1. The second kappa shape index (κ2) is 8.54. The van der Waals surface area contributed by atoms with Crippen molar-refractivity contribution < 1.29 is 19.1 Å². The number of ether oxygens (including phenoxy) is 1. The van der Waals surface area contributed by atoms with Gasteiger partial charge in [0.05, 0.1) is 17.5 Å². The molecular weight excluding hydrogens is 466 g/mol. The topological polar surface area (TPSA) is 79.8 Å². The van der Waals surface area contributed by atoms with Gasteiger partial charge in [0, 0.05) is 43.9 Å². The van der Waals surface area contributed by atoms with Gasteiger partial charge < -0.3 is 14.5 Å². The van der Waals surface area contributed by atoms with Crippen LogP contribution in [0, 0.1) is 0 Å². The molecule has 6 rings (SSSR count). The molecule has 3 aromatic rings. The maximum absolute atomic E-state index is 13.8. The minimum absolute atomic E-state index is 0.0966. The van der Waals surface area contributed by atoms with Gasteiger partial charge in [0.15, 0.2) is 5.60 Å². The molecule has 3 aliphatic rings. The van der Waals surface area contributed by atoms with Gasteiger partial charge in [0.1, 0.15) is 5.69 Å². The van der Waals surface area contributed by atoms with Crippen molar-refractivity contribution in [3.63, 3.8) is 0 Å². The van der Waals surface area contributed by atoms with Gasteiger partial charge in [-0.25, -0.2) is 4.79 Å². The summed E-state index contributed by atoms with van der Waals surface area (Å²) in [4.78, 5) is 46.9. The van der Waals surface area contributed by atoms with Crippen molar-refractivity contribution in [2.75, 3.05) is 26.7 Å². The Hall–Kier alpha value is -4.00. The van der Waals surface area contributed by atoms with Crippen LogP contribution in [0.3, 0.4) is 0 Å². The van der Waals surface area contributed by atoms with Crippen LogP contribution < -0.4 is 0 Å². The Labute approximate surface area is 216 Å². The number of esters is 1. The number of aromatic nitrogens is 1. The molecule has 2 aromatic carbocycles. The largest absolute Gasteiger partial charge is 0.449 e. The molecule has 2 amide bonds. The summed E-state index contributed by atoms with van der Waals surface area (Å²) >= 11 is 0. The van der Waals surface area contributed by atoms with Crippen molar-refractivity contribution >= 4 is 17.8 Å². The molecule has 2 fully saturated rings. The monoisotopic (exact) mass is 495 g/mol. The van der Waals surface area contributed by atoms with E-state index in [2.05, 4.69) is 4.98 Å². The molecule has 7 nitrogen and oxygen atoms in total. The molecule has 0 radical (unpaired) electrons. The number of nitrogens with zero attached hydrogens (tertiary/aromatic N) is 3. The first kappa shape index (κ1) is 23.4. The van der Waals surface area contributed by atoms with E-state index in [1.165, 1.54) is 0 Å². The summed E-state index contributed by atoms with van der Waals surface area (Å²) in [7, 11) is 1.76. The fraction of sp³-hybridized carbons (Fsp3) is 0.333. The summed E-state index contributed by atoms with van der Waals surface area (Å²) in [6.45, 7) is 3.48. The van der Waals surface area contributed by atoms with Gasteiger partial charge in [0.25, 0.3) is 5.91 Å². The van der Waals surface area contributed by atoms with Crippen LogP contribution in [0.1, 0.15) is 58.2 Å². The van der Waals surface area contributed by atoms with E-state index < -0.39 is 11.0 Å². The number of hydrogen-bond donors (Lipinski definition) is 0. The van der Waals surface area contributed by atoms with Crippen LogP contribution in [0.25, 0.3) is 11.1 Å². The summed E-state index contributed by atoms with van der Waals surface area (Å²) in [6.07, 6.45) is 3.84. The third-order valence-electron chi connectivity index (χ3n) is 8.18. The van der Waals surface area contributed by atoms with Crippen LogP contribution in [-0.4, -0.2) is 59.2 Å². The summed E-state index contributed by atoms with van der Waals surface area (Å²) in [5.74, 6) is -0.326. The number of benzene rings is 2. The normalized spacial score (nSPS) is 21.0. The fourth-order valence-corrected chi connectivity index (χ4v) is 5.76. The van der Waals surface area contributed by atoms with Crippen molar-refractivity contribution in [3.05, 3.63) is 89.2 Å². The number of amides is 2. The van der Waals surface area contributed by atoms with Crippen LogP contribution in [0.5, 0.6) is 0 Å². The van der Waals surface area contributed by atoms with E-state index in [0.29, 0.717) is 37.3 Å². The number of carbonyl (C=O) groups excluding carboxylic acids is 3. The summed E-state index contributed by atoms with van der Waals surface area (Å²) in [5, 5.41) is 0. The smallest absolute Gasteiger partial charge is 0.339 e. The quantitative estimate of drug-likeness (QED) is 0.497. The molecule has 1 spiro atoms. The second-order valence-electron chi connectivity index (χ2n) is 10.3. The Morgan fingerprint density at radius 2 is 1.73 bits per heavy atom. The van der Waals surface area contributed by atoms with E-state index in [4.69, 9.17) is 4.74 Å². The van der Waals surface area contributed by atoms with Crippen molar-refractivity contribution in [1.82, 2.24) is 14.8 Å². The van der Waals surface area contributed by atoms with Crippen LogP contribution in [-0.2, 0) is 20.5 Å². The molecule has 1 unspecified atom stereocenters. The maximum Gasteiger partial charge on any atom is 0.339 e. The van der Waals surface area contributed by atoms with Gasteiger partial charge in [-0.15, -0.1) is 0 Å². The van der Waals surface area contributed by atoms with Crippen LogP contribution in [0.15, 0.2) is 66.9 Å². The molecule has 2 aliphatic heterocycles. The van der Waals surface area contributed by atoms with Gasteiger partial charge in [0.2, 0.25) is 5.91 Å². The first-order valence-corrected chi connectivity index (χ1v) is 12.8. The molecule has 1 aliphatic carbocycles. The van der Waals surface area contributed by atoms with Gasteiger partial charge in [-0.05, 0) is 43.0 Å². The van der Waals surface area contributed by atoms with E-state index in [-0.39, 0.29) is 17.8 Å². The SMILES string of the molecule is CCN(C)C(=O)c1ncccc1-c1ccc(C2(C(=O)N3CCC4(C3)OC(=O)c3ccccc34)CC2)cc1. The minimum Gasteiger partial charge on any atom is -0.449 e. The van der Waals surface area contributed by atoms with E-state index in [0.717, 1.165) is 35.1 Å². The molecule has 7 heteroatoms. The third-order valence-corrected chi connectivity index (χ3v) is 8.18. The zero-order valence-electron chi connectivity index (χ0n) is 21.1. The van der Waals surface area contributed by atoms with Crippen molar-refractivity contribution in [2.45, 2.75) is 37.2 Å². The van der Waals surface area contributed by atoms with Crippen molar-refractivity contribution in [1.29, 1.82) is 0 Å². The van der Waals surface area contributed by atoms with Crippen LogP contribution >= 0.6 is 0 Å². The molecule has 188 valence electrons. The van der Waals surface area contributed by atoms with Gasteiger partial charge in [-0.3, -0.25) is 14.6 Å². The lowest BCUT2D eigenvalue weighted by Crippen LogP contribution is -2.40. The van der Waals surface area contributed by atoms with Gasteiger partial charge in [-0.2, -0.15) is 0 Å². The van der Waals surface area contributed by atoms with Crippen LogP contribution in [0.4, 0.5) is 0 Å². The van der Waals surface area contributed by atoms with Gasteiger partial charge >= 0.3 is 5.97 Å². The zero-order chi connectivity index (χ0) is 25.8. The third kappa shape index (κ3) is 3.64. The van der Waals surface area contributed by atoms with Gasteiger partial charge in [-0.1, -0.05) is 48.5 Å². The number of hydrogen-bond acceptors (Lipinski definition) is 5. The first-order chi connectivity index (χ1) is 17.9. The molecule has 1 atom stereocenters. The van der Waals surface area contributed by atoms with E-state index in [9.17, 15) is 14.4 Å². The average Bonchev–Trinajstić information content (AvgIpc) is 3.57. The molecule has 1 saturated carbocycles. The number of fused-ring (bicyclic) bond motifs is 2. The highest BCUT2D eigenvalue weighted by molar-refractivity contribution is 5.99. The number of likely N-dealkylation sites (tertiary alicyclic amines) is 1. The highest BCUT2D eigenvalue weighted by Crippen LogP contribution is 2.52. The Balaban J connectivity index is 1.24. The Morgan fingerprint density at radius 1 is 1.00 bits per heavy atom. The molecule has 1 saturated heterocycles. The summed E-state index contributed by atoms with van der Waals surface area (Å²) in [5.41, 5.74) is 3.28. The highest BCUT2D eigenvalue weighted by Gasteiger charge is 2.57. The standard InChI is InChI=1S/C30H29N3O4/c1-3-32(2)26(34)25-22(8-6-17-31-25)20-10-12-21(13-11-20)29(14-15-29)28(36)33-18-16-30(19-33)24-9-5-4-7-23(24)27(35)37-30/h4-13,17H,3,14-16,18-19H2,1-2H3. The maximum atomic E-state index is 13.8. The predicted octanol–water partition coefficient (Wildman–Crippen LogP) is 4.17. The number of pyridine rings is 1. The van der Waals surface area contributed by atoms with Crippen molar-refractivity contribution in [2.24, 2.45) is 0 Å². The second-order valence-corrected chi connectivity index (χ2v) is 10.3. The number of rotatable bonds is 5. The summed E-state index contributed by atoms with van der Waals surface area (Å²) in [6, 6.07) is 19.2. The number of carbonyl (C=O) groups is 3. The summed E-state index contributed by atoms with van der Waals surface area (Å²) < 4.78 is 5.85. The molecule has 0 N–H and O–H groups in total. The Kier molecular flexibility index (Phi) is 5.40. The Morgan fingerprint density at radius 3 is 2.46 bits per heavy atom. The molecular formula is C30H29N3O4. The molecule has 37 heavy (non-hydrogen) atoms. The lowest BCUT2D eigenvalue weighted by molar-refractivity contribution is -0.134. The lowest BCUT2D eigenvalue weighted by atomic mass is 9.91. The molecule has 1 aromatic heterocycles. The van der Waals surface area contributed by atoms with E-state index >= 15 is 0 Å². The highest BCUT2D eigenvalue weighted by atomic mass is 16.6. The first-order valence-electron chi connectivity index (χ1n) is 12.8. The van der Waals surface area contributed by atoms with E-state index in [1.54, 1.807) is 24.2 Å². The molecule has 0 bridgehead atoms. The molecule has 3 heterocycles. The predicted molar refractivity (Wildman–Crippen MR) is 138 cm³/mol. The fourth-order valence-electron chi connectivity index (χ4n) is 5.76. The minimum atomic E-state index is -0.738. The Bertz CT molecular complexity index is 1410. The lowest BCUT2D eigenvalue weighted by Gasteiger charge is -2.27.